The van der Waals surface area contributed by atoms with Crippen molar-refractivity contribution < 1.29 is 4.79 Å². The van der Waals surface area contributed by atoms with Crippen LogP contribution in [0.3, 0.4) is 0 Å². The molecular weight excluding hydrogens is 270 g/mol. The van der Waals surface area contributed by atoms with Gasteiger partial charge in [-0.3, -0.25) is 4.79 Å². The Balaban J connectivity index is 1.85. The summed E-state index contributed by atoms with van der Waals surface area (Å²) in [4.78, 5) is 13.3. The lowest BCUT2D eigenvalue weighted by atomic mass is 10.1. The summed E-state index contributed by atoms with van der Waals surface area (Å²) in [6.07, 6.45) is 0. The van der Waals surface area contributed by atoms with Crippen molar-refractivity contribution in [2.24, 2.45) is 0 Å². The molecule has 0 aliphatic carbocycles. The Morgan fingerprint density at radius 1 is 1.20 bits per heavy atom. The smallest absolute Gasteiger partial charge is 0.251 e. The fourth-order valence-electron chi connectivity index (χ4n) is 1.78. The third-order valence-electron chi connectivity index (χ3n) is 2.84. The zero-order chi connectivity index (χ0) is 14.4. The highest BCUT2D eigenvalue weighted by Gasteiger charge is 2.02. The number of hydrogen-bond acceptors (Lipinski definition) is 4. The number of amides is 1. The lowest BCUT2D eigenvalue weighted by Gasteiger charge is -2.05. The normalized spacial score (nSPS) is 10.0. The Morgan fingerprint density at radius 3 is 2.55 bits per heavy atom. The van der Waals surface area contributed by atoms with E-state index in [9.17, 15) is 4.79 Å². The number of benzene rings is 1. The highest BCUT2D eigenvalue weighted by atomic mass is 32.1. The van der Waals surface area contributed by atoms with Gasteiger partial charge < -0.3 is 10.6 Å². The molecule has 0 radical (unpaired) electrons. The van der Waals surface area contributed by atoms with Crippen LogP contribution < -0.4 is 10.6 Å². The monoisotopic (exact) mass is 285 g/mol. The molecule has 1 heterocycles. The van der Waals surface area contributed by atoms with Crippen LogP contribution in [0.4, 0.5) is 0 Å². The van der Waals surface area contributed by atoms with Crippen molar-refractivity contribution >= 4 is 17.2 Å². The average molecular weight is 285 g/mol. The van der Waals surface area contributed by atoms with Crippen LogP contribution in [-0.2, 0) is 13.1 Å². The Labute approximate surface area is 122 Å². The molecule has 1 amide bonds. The maximum atomic E-state index is 11.4. The zero-order valence-electron chi connectivity index (χ0n) is 11.1. The molecule has 4 nitrogen and oxygen atoms in total. The highest BCUT2D eigenvalue weighted by molar-refractivity contribution is 7.12. The zero-order valence-corrected chi connectivity index (χ0v) is 12.0. The van der Waals surface area contributed by atoms with Gasteiger partial charge in [-0.05, 0) is 29.8 Å². The third-order valence-corrected chi connectivity index (χ3v) is 3.83. The summed E-state index contributed by atoms with van der Waals surface area (Å²) in [5.41, 5.74) is 1.78. The van der Waals surface area contributed by atoms with E-state index in [0.717, 1.165) is 28.4 Å². The minimum Gasteiger partial charge on any atom is -0.355 e. The van der Waals surface area contributed by atoms with E-state index in [1.165, 1.54) is 11.3 Å². The summed E-state index contributed by atoms with van der Waals surface area (Å²) < 4.78 is 0. The first kappa shape index (κ1) is 14.3. The van der Waals surface area contributed by atoms with Crippen LogP contribution in [0.2, 0.25) is 0 Å². The van der Waals surface area contributed by atoms with Crippen molar-refractivity contribution in [1.29, 1.82) is 5.26 Å². The van der Waals surface area contributed by atoms with Gasteiger partial charge in [0.2, 0.25) is 0 Å². The van der Waals surface area contributed by atoms with E-state index >= 15 is 0 Å². The SMILES string of the molecule is CNC(=O)c1ccc(CNCc2ccc(C#N)s2)cc1. The maximum absolute atomic E-state index is 11.4. The second-order valence-corrected chi connectivity index (χ2v) is 5.43. The van der Waals surface area contributed by atoms with Crippen LogP contribution in [0, 0.1) is 11.3 Å². The molecule has 2 N–H and O–H groups in total. The molecule has 102 valence electrons. The number of nitrogens with zero attached hydrogens (tertiary/aromatic N) is 1. The first-order chi connectivity index (χ1) is 9.72. The van der Waals surface area contributed by atoms with E-state index in [4.69, 9.17) is 5.26 Å². The molecule has 1 aromatic heterocycles. The molecule has 0 aliphatic heterocycles. The van der Waals surface area contributed by atoms with Crippen LogP contribution >= 0.6 is 11.3 Å². The molecule has 0 fully saturated rings. The Morgan fingerprint density at radius 2 is 1.95 bits per heavy atom. The summed E-state index contributed by atoms with van der Waals surface area (Å²) in [6.45, 7) is 1.47. The number of rotatable bonds is 5. The second-order valence-electron chi connectivity index (χ2n) is 4.26. The van der Waals surface area contributed by atoms with Gasteiger partial charge >= 0.3 is 0 Å². The van der Waals surface area contributed by atoms with Gasteiger partial charge in [-0.2, -0.15) is 5.26 Å². The van der Waals surface area contributed by atoms with E-state index < -0.39 is 0 Å². The number of thiophene rings is 1. The molecule has 0 saturated heterocycles. The molecule has 0 unspecified atom stereocenters. The van der Waals surface area contributed by atoms with Crippen molar-refractivity contribution in [1.82, 2.24) is 10.6 Å². The number of nitrogens with one attached hydrogen (secondary N) is 2. The molecule has 0 bridgehead atoms. The largest absolute Gasteiger partial charge is 0.355 e. The number of carbonyl (C=O) groups is 1. The summed E-state index contributed by atoms with van der Waals surface area (Å²) in [6, 6.07) is 13.4. The van der Waals surface area contributed by atoms with Gasteiger partial charge in [-0.25, -0.2) is 0 Å². The van der Waals surface area contributed by atoms with E-state index in [1.807, 2.05) is 36.4 Å². The predicted octanol–water partition coefficient (Wildman–Crippen LogP) is 2.27. The van der Waals surface area contributed by atoms with Crippen molar-refractivity contribution in [3.8, 4) is 6.07 Å². The molecule has 0 atom stereocenters. The third kappa shape index (κ3) is 3.67. The molecule has 0 saturated carbocycles. The van der Waals surface area contributed by atoms with Gasteiger partial charge in [0.25, 0.3) is 5.91 Å². The molecule has 2 aromatic rings. The predicted molar refractivity (Wildman–Crippen MR) is 79.4 cm³/mol. The highest BCUT2D eigenvalue weighted by Crippen LogP contribution is 2.15. The van der Waals surface area contributed by atoms with Crippen molar-refractivity contribution in [2.45, 2.75) is 13.1 Å². The fraction of sp³-hybridized carbons (Fsp3) is 0.200. The van der Waals surface area contributed by atoms with Crippen molar-refractivity contribution in [3.63, 3.8) is 0 Å². The summed E-state index contributed by atoms with van der Waals surface area (Å²) in [7, 11) is 1.62. The summed E-state index contributed by atoms with van der Waals surface area (Å²) >= 11 is 1.50. The second kappa shape index (κ2) is 6.85. The molecular formula is C15H15N3OS. The number of carbonyl (C=O) groups excluding carboxylic acids is 1. The minimum atomic E-state index is -0.0767. The standard InChI is InChI=1S/C15H15N3OS/c1-17-15(19)12-4-2-11(3-5-12)9-18-10-14-7-6-13(8-16)20-14/h2-7,18H,9-10H2,1H3,(H,17,19). The summed E-state index contributed by atoms with van der Waals surface area (Å²) in [5.74, 6) is -0.0767. The molecule has 20 heavy (non-hydrogen) atoms. The Bertz CT molecular complexity index is 625. The average Bonchev–Trinajstić information content (AvgIpc) is 2.95. The van der Waals surface area contributed by atoms with Crippen LogP contribution in [-0.4, -0.2) is 13.0 Å². The molecule has 0 spiro atoms. The maximum Gasteiger partial charge on any atom is 0.251 e. The Kier molecular flexibility index (Phi) is 4.88. The van der Waals surface area contributed by atoms with Gasteiger partial charge in [0.1, 0.15) is 10.9 Å². The van der Waals surface area contributed by atoms with Crippen molar-refractivity contribution in [2.75, 3.05) is 7.05 Å². The van der Waals surface area contributed by atoms with Crippen LogP contribution in [0.25, 0.3) is 0 Å². The molecule has 5 heteroatoms. The van der Waals surface area contributed by atoms with Gasteiger partial charge in [-0.15, -0.1) is 11.3 Å². The quantitative estimate of drug-likeness (QED) is 0.885. The van der Waals surface area contributed by atoms with Crippen molar-refractivity contribution in [3.05, 3.63) is 57.3 Å². The van der Waals surface area contributed by atoms with Crippen LogP contribution in [0.15, 0.2) is 36.4 Å². The molecule has 1 aromatic carbocycles. The van der Waals surface area contributed by atoms with E-state index in [2.05, 4.69) is 16.7 Å². The van der Waals surface area contributed by atoms with E-state index in [0.29, 0.717) is 5.56 Å². The lowest BCUT2D eigenvalue weighted by molar-refractivity contribution is 0.0963. The lowest BCUT2D eigenvalue weighted by Crippen LogP contribution is -2.18. The van der Waals surface area contributed by atoms with Crippen LogP contribution in [0.5, 0.6) is 0 Å². The molecule has 2 rings (SSSR count). The number of hydrogen-bond donors (Lipinski definition) is 2. The Hall–Kier alpha value is -2.16. The van der Waals surface area contributed by atoms with Crippen LogP contribution in [0.1, 0.15) is 25.7 Å². The first-order valence-electron chi connectivity index (χ1n) is 6.23. The number of nitriles is 1. The minimum absolute atomic E-state index is 0.0767. The topological polar surface area (TPSA) is 64.9 Å². The van der Waals surface area contributed by atoms with Gasteiger partial charge in [0, 0.05) is 30.6 Å². The first-order valence-corrected chi connectivity index (χ1v) is 7.05. The van der Waals surface area contributed by atoms with Gasteiger partial charge in [-0.1, -0.05) is 12.1 Å². The van der Waals surface area contributed by atoms with Gasteiger partial charge in [0.15, 0.2) is 0 Å². The van der Waals surface area contributed by atoms with Gasteiger partial charge in [0.05, 0.1) is 0 Å². The summed E-state index contributed by atoms with van der Waals surface area (Å²) in [5, 5.41) is 14.7. The fourth-order valence-corrected chi connectivity index (χ4v) is 2.56. The van der Waals surface area contributed by atoms with E-state index in [1.54, 1.807) is 7.05 Å². The van der Waals surface area contributed by atoms with E-state index in [-0.39, 0.29) is 5.91 Å². The molecule has 0 aliphatic rings.